The minimum atomic E-state index is -0.121. The summed E-state index contributed by atoms with van der Waals surface area (Å²) in [7, 11) is 1.67. The van der Waals surface area contributed by atoms with Gasteiger partial charge in [-0.1, -0.05) is 38.3 Å². The zero-order chi connectivity index (χ0) is 19.8. The van der Waals surface area contributed by atoms with E-state index in [2.05, 4.69) is 21.5 Å². The molecule has 1 amide bonds. The Bertz CT molecular complexity index is 764. The Hall–Kier alpha value is -2.15. The largest absolute Gasteiger partial charge is 0.497 e. The first-order valence-electron chi connectivity index (χ1n) is 10.2. The van der Waals surface area contributed by atoms with Gasteiger partial charge in [0, 0.05) is 31.0 Å². The van der Waals surface area contributed by atoms with E-state index >= 15 is 0 Å². The number of hydrogen-bond acceptors (Lipinski definition) is 6. The Kier molecular flexibility index (Phi) is 7.65. The van der Waals surface area contributed by atoms with E-state index in [0.717, 1.165) is 54.6 Å². The Morgan fingerprint density at radius 1 is 1.36 bits per heavy atom. The number of unbranched alkanes of at least 4 members (excludes halogenated alkanes) is 3. The summed E-state index contributed by atoms with van der Waals surface area (Å²) in [6.45, 7) is 3.82. The van der Waals surface area contributed by atoms with Crippen LogP contribution in [0.25, 0.3) is 0 Å². The van der Waals surface area contributed by atoms with Gasteiger partial charge < -0.3 is 15.0 Å². The highest BCUT2D eigenvalue weighted by Gasteiger charge is 2.32. The topological polar surface area (TPSA) is 67.4 Å². The molecular formula is C21H30N4O2S. The second kappa shape index (κ2) is 10.4. The standard InChI is InChI=1S/C21H30N4O2S/c1-3-4-5-6-12-22-20(26)18-11-8-13-25(18)21-23-19(24-28-21)15-16-9-7-10-17(14-16)27-2/h7,9-10,14,18H,3-6,8,11-13,15H2,1-2H3,(H,22,26)/t18-/m0/s1. The molecule has 1 aliphatic rings. The Morgan fingerprint density at radius 3 is 3.07 bits per heavy atom. The highest BCUT2D eigenvalue weighted by molar-refractivity contribution is 7.09. The minimum absolute atomic E-state index is 0.121. The van der Waals surface area contributed by atoms with Crippen molar-refractivity contribution in [2.24, 2.45) is 0 Å². The monoisotopic (exact) mass is 402 g/mol. The molecule has 2 aromatic rings. The quantitative estimate of drug-likeness (QED) is 0.612. The lowest BCUT2D eigenvalue weighted by Crippen LogP contribution is -2.43. The molecule has 28 heavy (non-hydrogen) atoms. The van der Waals surface area contributed by atoms with Gasteiger partial charge in [-0.25, -0.2) is 4.98 Å². The second-order valence-corrected chi connectivity index (χ2v) is 7.95. The summed E-state index contributed by atoms with van der Waals surface area (Å²) >= 11 is 1.39. The summed E-state index contributed by atoms with van der Waals surface area (Å²) in [5, 5.41) is 3.95. The van der Waals surface area contributed by atoms with E-state index in [9.17, 15) is 4.79 Å². The van der Waals surface area contributed by atoms with E-state index in [1.54, 1.807) is 7.11 Å². The van der Waals surface area contributed by atoms with Crippen LogP contribution in [0.4, 0.5) is 5.13 Å². The molecule has 152 valence electrons. The number of methoxy groups -OCH3 is 1. The molecule has 0 aliphatic carbocycles. The predicted octanol–water partition coefficient (Wildman–Crippen LogP) is 3.80. The van der Waals surface area contributed by atoms with Gasteiger partial charge in [-0.2, -0.15) is 4.37 Å². The first-order chi connectivity index (χ1) is 13.7. The molecule has 0 unspecified atom stereocenters. The SMILES string of the molecule is CCCCCCNC(=O)[C@@H]1CCCN1c1nc(Cc2cccc(OC)c2)ns1. The van der Waals surface area contributed by atoms with Crippen molar-refractivity contribution in [2.45, 2.75) is 57.9 Å². The highest BCUT2D eigenvalue weighted by atomic mass is 32.1. The summed E-state index contributed by atoms with van der Waals surface area (Å²) in [6.07, 6.45) is 7.22. The molecule has 0 bridgehead atoms. The van der Waals surface area contributed by atoms with Gasteiger partial charge in [0.1, 0.15) is 17.6 Å². The zero-order valence-corrected chi connectivity index (χ0v) is 17.6. The predicted molar refractivity (Wildman–Crippen MR) is 113 cm³/mol. The third-order valence-electron chi connectivity index (χ3n) is 5.08. The fourth-order valence-electron chi connectivity index (χ4n) is 3.55. The van der Waals surface area contributed by atoms with E-state index < -0.39 is 0 Å². The van der Waals surface area contributed by atoms with E-state index in [1.165, 1.54) is 30.8 Å². The first kappa shape index (κ1) is 20.6. The lowest BCUT2D eigenvalue weighted by molar-refractivity contribution is -0.122. The molecule has 1 aromatic heterocycles. The maximum Gasteiger partial charge on any atom is 0.242 e. The van der Waals surface area contributed by atoms with E-state index in [1.807, 2.05) is 24.3 Å². The van der Waals surface area contributed by atoms with Crippen molar-refractivity contribution in [3.63, 3.8) is 0 Å². The normalized spacial score (nSPS) is 16.4. The minimum Gasteiger partial charge on any atom is -0.497 e. The van der Waals surface area contributed by atoms with E-state index in [-0.39, 0.29) is 11.9 Å². The molecule has 1 fully saturated rings. The van der Waals surface area contributed by atoms with Crippen LogP contribution in [0.3, 0.4) is 0 Å². The summed E-state index contributed by atoms with van der Waals surface area (Å²) in [4.78, 5) is 19.4. The molecule has 1 N–H and O–H groups in total. The summed E-state index contributed by atoms with van der Waals surface area (Å²) < 4.78 is 9.80. The Morgan fingerprint density at radius 2 is 2.25 bits per heavy atom. The number of carbonyl (C=O) groups excluding carboxylic acids is 1. The van der Waals surface area contributed by atoms with Crippen molar-refractivity contribution in [3.05, 3.63) is 35.7 Å². The summed E-state index contributed by atoms with van der Waals surface area (Å²) in [6, 6.07) is 7.84. The average Bonchev–Trinajstić information content (AvgIpc) is 3.37. The van der Waals surface area contributed by atoms with Crippen LogP contribution < -0.4 is 15.0 Å². The van der Waals surface area contributed by atoms with Gasteiger partial charge in [0.25, 0.3) is 0 Å². The molecule has 1 saturated heterocycles. The number of hydrogen-bond donors (Lipinski definition) is 1. The fourth-order valence-corrected chi connectivity index (χ4v) is 4.31. The van der Waals surface area contributed by atoms with Crippen LogP contribution in [-0.4, -0.2) is 41.5 Å². The Labute approximate surface area is 171 Å². The number of rotatable bonds is 10. The van der Waals surface area contributed by atoms with Crippen LogP contribution in [0.2, 0.25) is 0 Å². The number of carbonyl (C=O) groups is 1. The van der Waals surface area contributed by atoms with Crippen LogP contribution in [0.1, 0.15) is 56.8 Å². The van der Waals surface area contributed by atoms with Crippen molar-refractivity contribution in [1.29, 1.82) is 0 Å². The number of nitrogens with zero attached hydrogens (tertiary/aromatic N) is 3. The molecule has 1 atom stereocenters. The van der Waals surface area contributed by atoms with E-state index in [0.29, 0.717) is 6.42 Å². The van der Waals surface area contributed by atoms with Crippen molar-refractivity contribution >= 4 is 22.6 Å². The number of benzene rings is 1. The molecule has 3 rings (SSSR count). The van der Waals surface area contributed by atoms with Gasteiger partial charge in [-0.15, -0.1) is 0 Å². The molecule has 0 saturated carbocycles. The summed E-state index contributed by atoms with van der Waals surface area (Å²) in [5.74, 6) is 1.75. The van der Waals surface area contributed by atoms with Crippen molar-refractivity contribution in [1.82, 2.24) is 14.7 Å². The van der Waals surface area contributed by atoms with Crippen LogP contribution in [0.15, 0.2) is 24.3 Å². The molecule has 0 spiro atoms. The maximum atomic E-state index is 12.6. The van der Waals surface area contributed by atoms with Gasteiger partial charge in [0.15, 0.2) is 0 Å². The average molecular weight is 403 g/mol. The number of anilines is 1. The van der Waals surface area contributed by atoms with Crippen molar-refractivity contribution in [2.75, 3.05) is 25.1 Å². The lowest BCUT2D eigenvalue weighted by atomic mass is 10.1. The van der Waals surface area contributed by atoms with Gasteiger partial charge >= 0.3 is 0 Å². The van der Waals surface area contributed by atoms with Gasteiger partial charge in [0.05, 0.1) is 7.11 Å². The molecule has 7 heteroatoms. The second-order valence-electron chi connectivity index (χ2n) is 7.22. The number of aromatic nitrogens is 2. The number of nitrogens with one attached hydrogen (secondary N) is 1. The highest BCUT2D eigenvalue weighted by Crippen LogP contribution is 2.28. The van der Waals surface area contributed by atoms with Crippen LogP contribution >= 0.6 is 11.5 Å². The maximum absolute atomic E-state index is 12.6. The molecule has 2 heterocycles. The molecule has 1 aromatic carbocycles. The number of amides is 1. The number of ether oxygens (including phenoxy) is 1. The first-order valence-corrected chi connectivity index (χ1v) is 11.0. The van der Waals surface area contributed by atoms with Crippen LogP contribution in [0, 0.1) is 0 Å². The zero-order valence-electron chi connectivity index (χ0n) is 16.8. The smallest absolute Gasteiger partial charge is 0.242 e. The van der Waals surface area contributed by atoms with Crippen LogP contribution in [0.5, 0.6) is 5.75 Å². The lowest BCUT2D eigenvalue weighted by Gasteiger charge is -2.22. The van der Waals surface area contributed by atoms with Gasteiger partial charge in [-0.05, 0) is 37.0 Å². The van der Waals surface area contributed by atoms with E-state index in [4.69, 9.17) is 9.72 Å². The van der Waals surface area contributed by atoms with Crippen LogP contribution in [-0.2, 0) is 11.2 Å². The fraction of sp³-hybridized carbons (Fsp3) is 0.571. The molecule has 1 aliphatic heterocycles. The molecule has 0 radical (unpaired) electrons. The third kappa shape index (κ3) is 5.44. The van der Waals surface area contributed by atoms with Crippen molar-refractivity contribution in [3.8, 4) is 5.75 Å². The molecular weight excluding hydrogens is 372 g/mol. The van der Waals surface area contributed by atoms with Crippen molar-refractivity contribution < 1.29 is 9.53 Å². The van der Waals surface area contributed by atoms with Gasteiger partial charge in [0.2, 0.25) is 11.0 Å². The molecule has 6 nitrogen and oxygen atoms in total. The van der Waals surface area contributed by atoms with Gasteiger partial charge in [-0.3, -0.25) is 4.79 Å². The Balaban J connectivity index is 1.57. The summed E-state index contributed by atoms with van der Waals surface area (Å²) in [5.41, 5.74) is 1.12. The third-order valence-corrected chi connectivity index (χ3v) is 5.88.